The monoisotopic (exact) mass is 394 g/mol. The van der Waals surface area contributed by atoms with E-state index < -0.39 is 0 Å². The Balaban J connectivity index is 1.61. The highest BCUT2D eigenvalue weighted by Crippen LogP contribution is 2.34. The van der Waals surface area contributed by atoms with Crippen molar-refractivity contribution in [3.63, 3.8) is 0 Å². The van der Waals surface area contributed by atoms with Gasteiger partial charge < -0.3 is 16.5 Å². The van der Waals surface area contributed by atoms with Crippen LogP contribution in [0.1, 0.15) is 34.7 Å². The fraction of sp³-hybridized carbons (Fsp3) is 0.0800. The number of anilines is 2. The highest BCUT2D eigenvalue weighted by Gasteiger charge is 2.24. The number of aryl methyl sites for hydroxylation is 1. The molecule has 3 aromatic rings. The highest BCUT2D eigenvalue weighted by molar-refractivity contribution is 6.35. The lowest BCUT2D eigenvalue weighted by Gasteiger charge is -2.07. The van der Waals surface area contributed by atoms with Gasteiger partial charge in [-0.1, -0.05) is 31.2 Å². The summed E-state index contributed by atoms with van der Waals surface area (Å²) in [4.78, 5) is 16.4. The first-order valence-corrected chi connectivity index (χ1v) is 9.78. The molecule has 0 saturated carbocycles. The zero-order chi connectivity index (χ0) is 21.1. The minimum atomic E-state index is -0.117. The molecule has 0 aliphatic carbocycles. The molecule has 0 saturated heterocycles. The topological polar surface area (TPSA) is 91.9 Å². The molecule has 0 bridgehead atoms. The quantitative estimate of drug-likeness (QED) is 0.330. The number of carbonyl (C=O) groups excluding carboxylic acids is 1. The van der Waals surface area contributed by atoms with E-state index in [9.17, 15) is 4.79 Å². The number of nitrogens with one attached hydrogen (secondary N) is 2. The number of amides is 1. The molecule has 5 heteroatoms. The van der Waals surface area contributed by atoms with Crippen LogP contribution in [-0.2, 0) is 11.2 Å². The summed E-state index contributed by atoms with van der Waals surface area (Å²) in [7, 11) is 0. The van der Waals surface area contributed by atoms with Gasteiger partial charge in [0.25, 0.3) is 5.91 Å². The average molecular weight is 394 g/mol. The van der Waals surface area contributed by atoms with E-state index in [0.29, 0.717) is 22.5 Å². The molecule has 1 aromatic heterocycles. The number of benzene rings is 2. The second-order valence-corrected chi connectivity index (χ2v) is 7.12. The molecule has 0 fully saturated rings. The van der Waals surface area contributed by atoms with Crippen LogP contribution in [-0.4, -0.2) is 16.6 Å². The molecule has 0 atom stereocenters. The van der Waals surface area contributed by atoms with Gasteiger partial charge in [0.1, 0.15) is 0 Å². The number of rotatable bonds is 5. The van der Waals surface area contributed by atoms with Crippen LogP contribution in [0.4, 0.5) is 11.4 Å². The van der Waals surface area contributed by atoms with Gasteiger partial charge in [-0.05, 0) is 65.6 Å². The van der Waals surface area contributed by atoms with Gasteiger partial charge >= 0.3 is 0 Å². The van der Waals surface area contributed by atoms with Crippen molar-refractivity contribution in [3.05, 3.63) is 94.8 Å². The largest absolute Gasteiger partial charge is 0.398 e. The van der Waals surface area contributed by atoms with E-state index >= 15 is 0 Å². The lowest BCUT2D eigenvalue weighted by molar-refractivity contribution is -0.110. The third kappa shape index (κ3) is 3.91. The Bertz CT molecular complexity index is 1190. The molecule has 2 aromatic carbocycles. The third-order valence-corrected chi connectivity index (χ3v) is 5.10. The smallest absolute Gasteiger partial charge is 0.256 e. The summed E-state index contributed by atoms with van der Waals surface area (Å²) in [6.07, 6.45) is 9.74. The summed E-state index contributed by atoms with van der Waals surface area (Å²) in [5.74, 6) is -0.117. The Kier molecular flexibility index (Phi) is 5.26. The van der Waals surface area contributed by atoms with Crippen LogP contribution >= 0.6 is 0 Å². The van der Waals surface area contributed by atoms with Gasteiger partial charge in [-0.2, -0.15) is 0 Å². The van der Waals surface area contributed by atoms with Gasteiger partial charge in [0.05, 0.1) is 5.71 Å². The maximum absolute atomic E-state index is 12.5. The molecule has 1 aliphatic rings. The first-order chi connectivity index (χ1) is 14.5. The van der Waals surface area contributed by atoms with E-state index in [-0.39, 0.29) is 5.91 Å². The van der Waals surface area contributed by atoms with Crippen LogP contribution in [0.15, 0.2) is 67.0 Å². The number of fused-ring (bicyclic) bond motifs is 1. The zero-order valence-corrected chi connectivity index (χ0v) is 16.6. The van der Waals surface area contributed by atoms with Crippen molar-refractivity contribution in [2.45, 2.75) is 13.3 Å². The number of aromatic nitrogens is 1. The van der Waals surface area contributed by atoms with E-state index in [1.807, 2.05) is 48.6 Å². The Morgan fingerprint density at radius 2 is 1.90 bits per heavy atom. The average Bonchev–Trinajstić information content (AvgIpc) is 3.07. The number of pyridine rings is 1. The van der Waals surface area contributed by atoms with Crippen LogP contribution in [0, 0.1) is 5.41 Å². The standard InChI is InChI=1S/C25H22N4O/c1-2-16-5-8-24-20(13-16)21(25(30)29-24)14-18-3-6-19(23(27)15-18)22(26)7-4-17-9-11-28-12-10-17/h3-15,26H,2,27H2,1H3,(H,29,30)/b7-4+,21-14+,26-22?. The van der Waals surface area contributed by atoms with Crippen molar-refractivity contribution in [2.24, 2.45) is 0 Å². The molecule has 0 unspecified atom stereocenters. The van der Waals surface area contributed by atoms with Crippen LogP contribution in [0.25, 0.3) is 17.7 Å². The first kappa shape index (κ1) is 19.3. The summed E-state index contributed by atoms with van der Waals surface area (Å²) in [5.41, 5.74) is 13.0. The van der Waals surface area contributed by atoms with Crippen LogP contribution in [0.3, 0.4) is 0 Å². The van der Waals surface area contributed by atoms with Crippen molar-refractivity contribution < 1.29 is 4.79 Å². The van der Waals surface area contributed by atoms with Gasteiger partial charge in [0.15, 0.2) is 0 Å². The fourth-order valence-corrected chi connectivity index (χ4v) is 3.43. The Morgan fingerprint density at radius 3 is 2.63 bits per heavy atom. The Morgan fingerprint density at radius 1 is 1.10 bits per heavy atom. The predicted octanol–water partition coefficient (Wildman–Crippen LogP) is 4.80. The number of allylic oxidation sites excluding steroid dienone is 1. The number of hydrogen-bond donors (Lipinski definition) is 3. The molecule has 148 valence electrons. The molecule has 5 nitrogen and oxygen atoms in total. The van der Waals surface area contributed by atoms with Gasteiger partial charge in [0.2, 0.25) is 0 Å². The molecular formula is C25H22N4O. The third-order valence-electron chi connectivity index (χ3n) is 5.10. The number of nitrogens with two attached hydrogens (primary N) is 1. The van der Waals surface area contributed by atoms with Crippen molar-refractivity contribution in [3.8, 4) is 0 Å². The molecule has 30 heavy (non-hydrogen) atoms. The maximum Gasteiger partial charge on any atom is 0.256 e. The summed E-state index contributed by atoms with van der Waals surface area (Å²) in [6, 6.07) is 15.3. The lowest BCUT2D eigenvalue weighted by Crippen LogP contribution is -2.04. The minimum Gasteiger partial charge on any atom is -0.398 e. The summed E-state index contributed by atoms with van der Waals surface area (Å²) in [6.45, 7) is 2.09. The van der Waals surface area contributed by atoms with E-state index in [2.05, 4.69) is 23.3 Å². The molecule has 4 rings (SSSR count). The normalized spacial score (nSPS) is 14.2. The summed E-state index contributed by atoms with van der Waals surface area (Å²) < 4.78 is 0. The molecule has 1 amide bonds. The second-order valence-electron chi connectivity index (χ2n) is 7.12. The summed E-state index contributed by atoms with van der Waals surface area (Å²) >= 11 is 0. The van der Waals surface area contributed by atoms with Crippen molar-refractivity contribution in [1.82, 2.24) is 4.98 Å². The first-order valence-electron chi connectivity index (χ1n) is 9.78. The predicted molar refractivity (Wildman–Crippen MR) is 123 cm³/mol. The second kappa shape index (κ2) is 8.17. The van der Waals surface area contributed by atoms with E-state index in [1.54, 1.807) is 24.5 Å². The highest BCUT2D eigenvalue weighted by atomic mass is 16.2. The molecule has 0 radical (unpaired) electrons. The van der Waals surface area contributed by atoms with E-state index in [1.165, 1.54) is 5.56 Å². The molecule has 1 aliphatic heterocycles. The number of hydrogen-bond acceptors (Lipinski definition) is 4. The van der Waals surface area contributed by atoms with Crippen molar-refractivity contribution in [2.75, 3.05) is 11.1 Å². The van der Waals surface area contributed by atoms with Crippen molar-refractivity contribution in [1.29, 1.82) is 5.41 Å². The van der Waals surface area contributed by atoms with Gasteiger partial charge in [-0.3, -0.25) is 9.78 Å². The fourth-order valence-electron chi connectivity index (χ4n) is 3.43. The van der Waals surface area contributed by atoms with Crippen LogP contribution in [0.5, 0.6) is 0 Å². The molecule has 0 spiro atoms. The molecular weight excluding hydrogens is 372 g/mol. The number of nitrogen functional groups attached to an aromatic ring is 1. The Labute approximate surface area is 175 Å². The van der Waals surface area contributed by atoms with E-state index in [0.717, 1.165) is 28.8 Å². The molecule has 4 N–H and O–H groups in total. The maximum atomic E-state index is 12.5. The zero-order valence-electron chi connectivity index (χ0n) is 16.6. The number of nitrogens with zero attached hydrogens (tertiary/aromatic N) is 1. The van der Waals surface area contributed by atoms with Gasteiger partial charge in [-0.15, -0.1) is 0 Å². The minimum absolute atomic E-state index is 0.117. The van der Waals surface area contributed by atoms with Crippen LogP contribution in [0.2, 0.25) is 0 Å². The summed E-state index contributed by atoms with van der Waals surface area (Å²) in [5, 5.41) is 11.2. The molecule has 2 heterocycles. The van der Waals surface area contributed by atoms with Gasteiger partial charge in [0, 0.05) is 40.5 Å². The SMILES string of the molecule is CCc1ccc2c(c1)/C(=C\c1ccc(C(=N)/C=C/c3ccncc3)c(N)c1)C(=O)N2. The number of carbonyl (C=O) groups is 1. The van der Waals surface area contributed by atoms with Crippen molar-refractivity contribution >= 4 is 40.7 Å². The van der Waals surface area contributed by atoms with Gasteiger partial charge in [-0.25, -0.2) is 0 Å². The van der Waals surface area contributed by atoms with E-state index in [4.69, 9.17) is 11.1 Å². The lowest BCUT2D eigenvalue weighted by atomic mass is 9.99. The van der Waals surface area contributed by atoms with Crippen LogP contribution < -0.4 is 11.1 Å². The Hall–Kier alpha value is -3.99.